The van der Waals surface area contributed by atoms with Crippen LogP contribution in [0.4, 0.5) is 17.1 Å². The highest BCUT2D eigenvalue weighted by Gasteiger charge is 2.18. The van der Waals surface area contributed by atoms with Gasteiger partial charge >= 0.3 is 0 Å². The molecule has 0 amide bonds. The minimum atomic E-state index is 1.10. The Kier molecular flexibility index (Phi) is 8.24. The van der Waals surface area contributed by atoms with E-state index in [2.05, 4.69) is 229 Å². The standard InChI is InChI=1S/C54H37N/c1-6-18-47-41(13-1)28-29-42-14-2-7-19-48(42)52(47)36-38-24-32-45(33-25-38)55(54-23-11-17-40-12-5-10-22-51(40)54)46-34-26-39(27-35-46)37-53-49-20-8-3-15-43(49)30-31-44-16-4-9-21-50(44)53/h1-37H. The maximum atomic E-state index is 2.39. The molecule has 55 heavy (non-hydrogen) atoms. The molecule has 0 fully saturated rings. The van der Waals surface area contributed by atoms with E-state index in [1.54, 1.807) is 0 Å². The predicted molar refractivity (Wildman–Crippen MR) is 236 cm³/mol. The van der Waals surface area contributed by atoms with Crippen LogP contribution in [0.15, 0.2) is 188 Å². The number of hydrogen-bond donors (Lipinski definition) is 0. The molecule has 0 aromatic heterocycles. The fourth-order valence-corrected chi connectivity index (χ4v) is 8.11. The monoisotopic (exact) mass is 699 g/mol. The van der Waals surface area contributed by atoms with Gasteiger partial charge in [0.05, 0.1) is 5.69 Å². The second-order valence-electron chi connectivity index (χ2n) is 14.1. The molecular weight excluding hydrogens is 663 g/mol. The topological polar surface area (TPSA) is 3.24 Å². The van der Waals surface area contributed by atoms with Crippen molar-refractivity contribution in [3.8, 4) is 0 Å². The van der Waals surface area contributed by atoms with Gasteiger partial charge in [0.2, 0.25) is 0 Å². The molecule has 0 atom stereocenters. The quantitative estimate of drug-likeness (QED) is 0.173. The molecule has 8 aromatic carbocycles. The molecule has 0 N–H and O–H groups in total. The molecule has 0 aliphatic heterocycles. The summed E-state index contributed by atoms with van der Waals surface area (Å²) in [5, 5.41) is 2.42. The van der Waals surface area contributed by atoms with Crippen molar-refractivity contribution in [1.29, 1.82) is 0 Å². The van der Waals surface area contributed by atoms with E-state index in [9.17, 15) is 0 Å². The molecule has 0 spiro atoms. The van der Waals surface area contributed by atoms with Crippen LogP contribution < -0.4 is 4.90 Å². The molecule has 0 saturated carbocycles. The molecule has 8 aromatic rings. The van der Waals surface area contributed by atoms with Crippen LogP contribution in [0.1, 0.15) is 55.6 Å². The van der Waals surface area contributed by atoms with Crippen LogP contribution in [0.25, 0.3) is 58.4 Å². The Bertz CT molecular complexity index is 2580. The zero-order valence-corrected chi connectivity index (χ0v) is 30.3. The molecule has 0 heterocycles. The van der Waals surface area contributed by atoms with Crippen molar-refractivity contribution in [3.05, 3.63) is 244 Å². The number of anilines is 3. The lowest BCUT2D eigenvalue weighted by Gasteiger charge is -2.27. The third kappa shape index (κ3) is 6.12. The Morgan fingerprint density at radius 3 is 1.11 bits per heavy atom. The summed E-state index contributed by atoms with van der Waals surface area (Å²) in [5.41, 5.74) is 18.0. The van der Waals surface area contributed by atoms with Crippen molar-refractivity contribution in [1.82, 2.24) is 0 Å². The lowest BCUT2D eigenvalue weighted by atomic mass is 9.92. The maximum Gasteiger partial charge on any atom is 0.0540 e. The van der Waals surface area contributed by atoms with E-state index < -0.39 is 0 Å². The Hall–Kier alpha value is -7.22. The second-order valence-corrected chi connectivity index (χ2v) is 14.1. The Labute approximate surface area is 322 Å². The molecule has 10 rings (SSSR count). The van der Waals surface area contributed by atoms with E-state index in [1.807, 2.05) is 0 Å². The van der Waals surface area contributed by atoms with Gasteiger partial charge in [0.15, 0.2) is 0 Å². The van der Waals surface area contributed by atoms with Crippen LogP contribution in [0, 0.1) is 0 Å². The number of benzene rings is 8. The van der Waals surface area contributed by atoms with E-state index in [0.717, 1.165) is 28.2 Å². The highest BCUT2D eigenvalue weighted by molar-refractivity contribution is 6.02. The fourth-order valence-electron chi connectivity index (χ4n) is 8.11. The predicted octanol–water partition coefficient (Wildman–Crippen LogP) is 14.5. The van der Waals surface area contributed by atoms with E-state index in [1.165, 1.54) is 66.4 Å². The van der Waals surface area contributed by atoms with E-state index in [-0.39, 0.29) is 0 Å². The molecule has 2 aliphatic carbocycles. The summed E-state index contributed by atoms with van der Waals surface area (Å²) in [7, 11) is 0. The van der Waals surface area contributed by atoms with Gasteiger partial charge in [0.1, 0.15) is 0 Å². The Balaban J connectivity index is 1.07. The van der Waals surface area contributed by atoms with Crippen LogP contribution in [0.5, 0.6) is 0 Å². The van der Waals surface area contributed by atoms with E-state index in [4.69, 9.17) is 0 Å². The summed E-state index contributed by atoms with van der Waals surface area (Å²) in [6.45, 7) is 0. The average Bonchev–Trinajstić information content (AvgIpc) is 3.50. The highest BCUT2D eigenvalue weighted by Crippen LogP contribution is 2.41. The van der Waals surface area contributed by atoms with Crippen molar-refractivity contribution in [3.63, 3.8) is 0 Å². The molecule has 1 nitrogen and oxygen atoms in total. The largest absolute Gasteiger partial charge is 0.310 e. The first-order chi connectivity index (χ1) is 27.3. The normalized spacial score (nSPS) is 12.5. The Morgan fingerprint density at radius 1 is 0.309 bits per heavy atom. The third-order valence-electron chi connectivity index (χ3n) is 10.8. The van der Waals surface area contributed by atoms with Gasteiger partial charge in [0.25, 0.3) is 0 Å². The van der Waals surface area contributed by atoms with Crippen LogP contribution in [-0.2, 0) is 0 Å². The number of fused-ring (bicyclic) bond motifs is 5. The lowest BCUT2D eigenvalue weighted by Crippen LogP contribution is -2.10. The van der Waals surface area contributed by atoms with Gasteiger partial charge in [0, 0.05) is 16.8 Å². The number of rotatable bonds is 5. The van der Waals surface area contributed by atoms with E-state index in [0.29, 0.717) is 0 Å². The van der Waals surface area contributed by atoms with Crippen molar-refractivity contribution in [2.24, 2.45) is 0 Å². The van der Waals surface area contributed by atoms with Crippen LogP contribution in [0.2, 0.25) is 0 Å². The average molecular weight is 700 g/mol. The first-order valence-corrected chi connectivity index (χ1v) is 18.9. The SMILES string of the molecule is C1=Cc2ccccc2C(=Cc2ccc(N(c3ccc(C=C4c5ccccc5C=Cc5ccccc54)cc3)c3cccc4ccccc34)cc2)c2ccccc21. The van der Waals surface area contributed by atoms with Gasteiger partial charge < -0.3 is 4.90 Å². The number of hydrogen-bond acceptors (Lipinski definition) is 1. The molecule has 0 unspecified atom stereocenters. The van der Waals surface area contributed by atoms with Gasteiger partial charge in [-0.25, -0.2) is 0 Å². The number of nitrogens with zero attached hydrogens (tertiary/aromatic N) is 1. The molecule has 0 saturated heterocycles. The van der Waals surface area contributed by atoms with Gasteiger partial charge in [-0.3, -0.25) is 0 Å². The Morgan fingerprint density at radius 2 is 0.673 bits per heavy atom. The maximum absolute atomic E-state index is 2.39. The molecule has 258 valence electrons. The van der Waals surface area contributed by atoms with E-state index >= 15 is 0 Å². The zero-order chi connectivity index (χ0) is 36.6. The minimum Gasteiger partial charge on any atom is -0.310 e. The summed E-state index contributed by atoms with van der Waals surface area (Å²) in [5.74, 6) is 0. The van der Waals surface area contributed by atoms with Crippen LogP contribution in [0.3, 0.4) is 0 Å². The lowest BCUT2D eigenvalue weighted by molar-refractivity contribution is 1.29. The summed E-state index contributed by atoms with van der Waals surface area (Å²) in [6, 6.07) is 67.9. The highest BCUT2D eigenvalue weighted by atomic mass is 15.1. The zero-order valence-electron chi connectivity index (χ0n) is 30.3. The van der Waals surface area contributed by atoms with Crippen molar-refractivity contribution in [2.45, 2.75) is 0 Å². The second kappa shape index (κ2) is 14.0. The van der Waals surface area contributed by atoms with Crippen molar-refractivity contribution in [2.75, 3.05) is 4.90 Å². The van der Waals surface area contributed by atoms with Crippen LogP contribution in [-0.4, -0.2) is 0 Å². The summed E-state index contributed by atoms with van der Waals surface area (Å²) in [6.07, 6.45) is 13.6. The first kappa shape index (κ1) is 32.4. The summed E-state index contributed by atoms with van der Waals surface area (Å²) in [4.78, 5) is 2.39. The van der Waals surface area contributed by atoms with Crippen molar-refractivity contribution >= 4 is 75.4 Å². The molecule has 0 radical (unpaired) electrons. The van der Waals surface area contributed by atoms with Crippen LogP contribution >= 0.6 is 0 Å². The summed E-state index contributed by atoms with van der Waals surface area (Å²) < 4.78 is 0. The van der Waals surface area contributed by atoms with Gasteiger partial charge in [-0.2, -0.15) is 0 Å². The molecule has 0 bridgehead atoms. The molecule has 2 aliphatic rings. The van der Waals surface area contributed by atoms with Crippen molar-refractivity contribution < 1.29 is 0 Å². The minimum absolute atomic E-state index is 1.10. The van der Waals surface area contributed by atoms with Gasteiger partial charge in [-0.15, -0.1) is 0 Å². The smallest absolute Gasteiger partial charge is 0.0540 e. The molecular formula is C54H37N. The van der Waals surface area contributed by atoms with Gasteiger partial charge in [-0.1, -0.05) is 182 Å². The molecule has 1 heteroatoms. The fraction of sp³-hybridized carbons (Fsp3) is 0. The summed E-state index contributed by atoms with van der Waals surface area (Å²) >= 11 is 0. The van der Waals surface area contributed by atoms with Gasteiger partial charge in [-0.05, 0) is 115 Å². The first-order valence-electron chi connectivity index (χ1n) is 18.9. The third-order valence-corrected chi connectivity index (χ3v) is 10.8.